The molecule has 1 unspecified atom stereocenters. The molecule has 0 saturated heterocycles. The maximum atomic E-state index is 12.2. The molecular formula is C16H14O4. The van der Waals surface area contributed by atoms with Gasteiger partial charge in [-0.1, -0.05) is 24.3 Å². The lowest BCUT2D eigenvalue weighted by molar-refractivity contribution is -0.127. The van der Waals surface area contributed by atoms with Crippen molar-refractivity contribution in [3.63, 3.8) is 0 Å². The number of Topliss-reactive ketones (excluding diaryl/α,β-unsaturated/α-hetero) is 1. The standard InChI is InChI=1S/C16H14O4/c17-12-5-3-4-11(8-12)9-13(18)16-10-19-14-6-1-2-7-15(14)20-16/h1-8,16-17H,9-10H2. The average molecular weight is 270 g/mol. The molecule has 1 aliphatic heterocycles. The van der Waals surface area contributed by atoms with Crippen molar-refractivity contribution in [3.05, 3.63) is 54.1 Å². The van der Waals surface area contributed by atoms with Gasteiger partial charge in [0.15, 0.2) is 23.4 Å². The number of hydrogen-bond donors (Lipinski definition) is 1. The zero-order chi connectivity index (χ0) is 13.9. The Morgan fingerprint density at radius 3 is 2.75 bits per heavy atom. The van der Waals surface area contributed by atoms with Crippen LogP contribution in [-0.4, -0.2) is 23.6 Å². The largest absolute Gasteiger partial charge is 0.508 e. The van der Waals surface area contributed by atoms with Crippen LogP contribution in [-0.2, 0) is 11.2 Å². The SMILES string of the molecule is O=C(Cc1cccc(O)c1)C1COc2ccccc2O1. The van der Waals surface area contributed by atoms with Gasteiger partial charge in [-0.2, -0.15) is 0 Å². The number of ketones is 1. The van der Waals surface area contributed by atoms with Gasteiger partial charge in [0.25, 0.3) is 0 Å². The highest BCUT2D eigenvalue weighted by atomic mass is 16.6. The van der Waals surface area contributed by atoms with E-state index < -0.39 is 6.10 Å². The first kappa shape index (κ1) is 12.5. The Morgan fingerprint density at radius 2 is 1.95 bits per heavy atom. The number of ether oxygens (including phenoxy) is 2. The summed E-state index contributed by atoms with van der Waals surface area (Å²) in [5.41, 5.74) is 0.762. The Balaban J connectivity index is 1.70. The van der Waals surface area contributed by atoms with E-state index in [1.165, 1.54) is 0 Å². The third kappa shape index (κ3) is 2.59. The van der Waals surface area contributed by atoms with E-state index in [2.05, 4.69) is 0 Å². The van der Waals surface area contributed by atoms with Crippen LogP contribution in [0.25, 0.3) is 0 Å². The topological polar surface area (TPSA) is 55.8 Å². The van der Waals surface area contributed by atoms with Crippen molar-refractivity contribution in [2.24, 2.45) is 0 Å². The molecule has 2 aromatic rings. The summed E-state index contributed by atoms with van der Waals surface area (Å²) < 4.78 is 11.2. The van der Waals surface area contributed by atoms with Crippen LogP contribution in [0.15, 0.2) is 48.5 Å². The Labute approximate surface area is 116 Å². The van der Waals surface area contributed by atoms with Crippen molar-refractivity contribution in [2.45, 2.75) is 12.5 Å². The van der Waals surface area contributed by atoms with Gasteiger partial charge in [-0.15, -0.1) is 0 Å². The van der Waals surface area contributed by atoms with Crippen LogP contribution in [0.2, 0.25) is 0 Å². The fourth-order valence-electron chi connectivity index (χ4n) is 2.16. The number of phenols is 1. The van der Waals surface area contributed by atoms with Crippen LogP contribution < -0.4 is 9.47 Å². The van der Waals surface area contributed by atoms with Gasteiger partial charge in [-0.05, 0) is 29.8 Å². The monoisotopic (exact) mass is 270 g/mol. The Kier molecular flexibility index (Phi) is 3.29. The Hall–Kier alpha value is -2.49. The smallest absolute Gasteiger partial charge is 0.191 e. The van der Waals surface area contributed by atoms with Gasteiger partial charge in [0.2, 0.25) is 0 Å². The third-order valence-corrected chi connectivity index (χ3v) is 3.16. The normalized spacial score (nSPS) is 16.7. The summed E-state index contributed by atoms with van der Waals surface area (Å²) in [5, 5.41) is 9.40. The van der Waals surface area contributed by atoms with E-state index in [-0.39, 0.29) is 24.6 Å². The van der Waals surface area contributed by atoms with E-state index in [1.807, 2.05) is 18.2 Å². The number of benzene rings is 2. The molecule has 4 heteroatoms. The number of fused-ring (bicyclic) bond motifs is 1. The molecule has 2 aromatic carbocycles. The van der Waals surface area contributed by atoms with Crippen LogP contribution >= 0.6 is 0 Å². The maximum absolute atomic E-state index is 12.2. The summed E-state index contributed by atoms with van der Waals surface area (Å²) in [6.45, 7) is 0.217. The minimum atomic E-state index is -0.604. The second-order valence-corrected chi connectivity index (χ2v) is 4.68. The van der Waals surface area contributed by atoms with Crippen molar-refractivity contribution < 1.29 is 19.4 Å². The van der Waals surface area contributed by atoms with E-state index in [9.17, 15) is 9.90 Å². The molecule has 102 valence electrons. The van der Waals surface area contributed by atoms with Crippen LogP contribution in [0.1, 0.15) is 5.56 Å². The number of phenolic OH excluding ortho intramolecular Hbond substituents is 1. The second kappa shape index (κ2) is 5.25. The first-order valence-corrected chi connectivity index (χ1v) is 6.41. The van der Waals surface area contributed by atoms with E-state index in [0.29, 0.717) is 11.5 Å². The van der Waals surface area contributed by atoms with Gasteiger partial charge in [0.05, 0.1) is 0 Å². The molecule has 0 spiro atoms. The fraction of sp³-hybridized carbons (Fsp3) is 0.188. The van der Waals surface area contributed by atoms with E-state index in [0.717, 1.165) is 5.56 Å². The van der Waals surface area contributed by atoms with Gasteiger partial charge in [0, 0.05) is 6.42 Å². The van der Waals surface area contributed by atoms with Gasteiger partial charge in [0.1, 0.15) is 12.4 Å². The number of para-hydroxylation sites is 2. The highest BCUT2D eigenvalue weighted by Crippen LogP contribution is 2.31. The van der Waals surface area contributed by atoms with Gasteiger partial charge >= 0.3 is 0 Å². The quantitative estimate of drug-likeness (QED) is 0.930. The zero-order valence-electron chi connectivity index (χ0n) is 10.8. The van der Waals surface area contributed by atoms with E-state index in [1.54, 1.807) is 30.3 Å². The first-order valence-electron chi connectivity index (χ1n) is 6.41. The summed E-state index contributed by atoms with van der Waals surface area (Å²) >= 11 is 0. The molecule has 0 aliphatic carbocycles. The van der Waals surface area contributed by atoms with Crippen LogP contribution in [0, 0.1) is 0 Å². The van der Waals surface area contributed by atoms with Gasteiger partial charge in [-0.25, -0.2) is 0 Å². The minimum absolute atomic E-state index is 0.0647. The van der Waals surface area contributed by atoms with Crippen molar-refractivity contribution in [1.29, 1.82) is 0 Å². The molecular weight excluding hydrogens is 256 g/mol. The highest BCUT2D eigenvalue weighted by molar-refractivity contribution is 5.86. The molecule has 0 fully saturated rings. The van der Waals surface area contributed by atoms with Crippen LogP contribution in [0.4, 0.5) is 0 Å². The molecule has 4 nitrogen and oxygen atoms in total. The molecule has 0 aromatic heterocycles. The lowest BCUT2D eigenvalue weighted by Crippen LogP contribution is -2.37. The van der Waals surface area contributed by atoms with Crippen molar-refractivity contribution in [3.8, 4) is 17.2 Å². The predicted octanol–water partition coefficient (Wildman–Crippen LogP) is 2.34. The van der Waals surface area contributed by atoms with Crippen LogP contribution in [0.5, 0.6) is 17.2 Å². The minimum Gasteiger partial charge on any atom is -0.508 e. The fourth-order valence-corrected chi connectivity index (χ4v) is 2.16. The zero-order valence-corrected chi connectivity index (χ0v) is 10.8. The van der Waals surface area contributed by atoms with Gasteiger partial charge in [-0.3, -0.25) is 4.79 Å². The summed E-state index contributed by atoms with van der Waals surface area (Å²) in [6.07, 6.45) is -0.392. The van der Waals surface area contributed by atoms with Gasteiger partial charge < -0.3 is 14.6 Å². The molecule has 0 bridgehead atoms. The number of hydrogen-bond acceptors (Lipinski definition) is 4. The first-order chi connectivity index (χ1) is 9.72. The molecule has 1 heterocycles. The molecule has 1 N–H and O–H groups in total. The average Bonchev–Trinajstić information content (AvgIpc) is 2.47. The molecule has 0 saturated carbocycles. The van der Waals surface area contributed by atoms with Crippen molar-refractivity contribution in [1.82, 2.24) is 0 Å². The second-order valence-electron chi connectivity index (χ2n) is 4.68. The molecule has 0 amide bonds. The molecule has 20 heavy (non-hydrogen) atoms. The van der Waals surface area contributed by atoms with E-state index in [4.69, 9.17) is 9.47 Å². The predicted molar refractivity (Wildman–Crippen MR) is 73.2 cm³/mol. The highest BCUT2D eigenvalue weighted by Gasteiger charge is 2.26. The molecule has 3 rings (SSSR count). The molecule has 1 aliphatic rings. The summed E-state index contributed by atoms with van der Waals surface area (Å²) in [5.74, 6) is 1.34. The van der Waals surface area contributed by atoms with Crippen LogP contribution in [0.3, 0.4) is 0 Å². The summed E-state index contributed by atoms with van der Waals surface area (Å²) in [6, 6.07) is 14.0. The number of rotatable bonds is 3. The lowest BCUT2D eigenvalue weighted by atomic mass is 10.0. The van der Waals surface area contributed by atoms with E-state index >= 15 is 0 Å². The third-order valence-electron chi connectivity index (χ3n) is 3.16. The summed E-state index contributed by atoms with van der Waals surface area (Å²) in [4.78, 5) is 12.2. The Bertz CT molecular complexity index is 636. The number of aromatic hydroxyl groups is 1. The van der Waals surface area contributed by atoms with Crippen molar-refractivity contribution in [2.75, 3.05) is 6.61 Å². The number of carbonyl (C=O) groups is 1. The maximum Gasteiger partial charge on any atom is 0.191 e. The summed E-state index contributed by atoms with van der Waals surface area (Å²) in [7, 11) is 0. The molecule has 1 atom stereocenters. The Morgan fingerprint density at radius 1 is 1.15 bits per heavy atom. The molecule has 0 radical (unpaired) electrons. The lowest BCUT2D eigenvalue weighted by Gasteiger charge is -2.25. The number of carbonyl (C=O) groups excluding carboxylic acids is 1. The van der Waals surface area contributed by atoms with Crippen molar-refractivity contribution >= 4 is 5.78 Å².